The van der Waals surface area contributed by atoms with Gasteiger partial charge in [0.1, 0.15) is 12.2 Å². The zero-order valence-corrected chi connectivity index (χ0v) is 18.1. The van der Waals surface area contributed by atoms with Crippen molar-refractivity contribution < 1.29 is 18.7 Å². The van der Waals surface area contributed by atoms with Crippen molar-refractivity contribution in [2.45, 2.75) is 39.4 Å². The summed E-state index contributed by atoms with van der Waals surface area (Å²) in [4.78, 5) is 29.9. The van der Waals surface area contributed by atoms with E-state index in [9.17, 15) is 9.59 Å². The molecule has 1 aliphatic rings. The minimum absolute atomic E-state index is 0.0294. The van der Waals surface area contributed by atoms with Gasteiger partial charge < -0.3 is 13.9 Å². The highest BCUT2D eigenvalue weighted by atomic mass is 16.5. The molecule has 1 aliphatic carbocycles. The number of carbonyl (C=O) groups excluding carboxylic acids is 1. The summed E-state index contributed by atoms with van der Waals surface area (Å²) in [5.74, 6) is -0.490. The summed E-state index contributed by atoms with van der Waals surface area (Å²) in [6, 6.07) is 13.1. The first-order valence-corrected chi connectivity index (χ1v) is 10.7. The molecule has 2 aromatic carbocycles. The van der Waals surface area contributed by atoms with E-state index in [0.29, 0.717) is 22.4 Å². The van der Waals surface area contributed by atoms with Crippen LogP contribution in [0.4, 0.5) is 0 Å². The summed E-state index contributed by atoms with van der Waals surface area (Å²) >= 11 is 0. The first kappa shape index (κ1) is 20.4. The number of carbonyl (C=O) groups is 1. The van der Waals surface area contributed by atoms with Crippen molar-refractivity contribution >= 4 is 27.8 Å². The zero-order valence-electron chi connectivity index (χ0n) is 18.1. The van der Waals surface area contributed by atoms with E-state index in [4.69, 9.17) is 13.9 Å². The molecule has 5 rings (SSSR count). The van der Waals surface area contributed by atoms with Crippen molar-refractivity contribution in [3.63, 3.8) is 0 Å². The van der Waals surface area contributed by atoms with Gasteiger partial charge >= 0.3 is 11.6 Å². The van der Waals surface area contributed by atoms with Gasteiger partial charge in [0.15, 0.2) is 0 Å². The molecule has 0 saturated carbocycles. The Kier molecular flexibility index (Phi) is 5.23. The molecule has 0 atom stereocenters. The highest BCUT2D eigenvalue weighted by Crippen LogP contribution is 2.29. The Morgan fingerprint density at radius 2 is 1.84 bits per heavy atom. The Morgan fingerprint density at radius 3 is 2.66 bits per heavy atom. The molecule has 0 unspecified atom stereocenters. The van der Waals surface area contributed by atoms with Gasteiger partial charge in [-0.1, -0.05) is 18.2 Å². The van der Waals surface area contributed by atoms with Crippen molar-refractivity contribution in [3.8, 4) is 0 Å². The molecule has 0 bridgehead atoms. The van der Waals surface area contributed by atoms with Gasteiger partial charge in [-0.05, 0) is 61.1 Å². The van der Waals surface area contributed by atoms with Gasteiger partial charge in [0, 0.05) is 29.5 Å². The van der Waals surface area contributed by atoms with Crippen LogP contribution < -0.4 is 5.63 Å². The maximum absolute atomic E-state index is 13.2. The van der Waals surface area contributed by atoms with Crippen LogP contribution in [0.2, 0.25) is 0 Å². The van der Waals surface area contributed by atoms with Crippen molar-refractivity contribution in [3.05, 3.63) is 86.4 Å². The number of hydrogen-bond acceptors (Lipinski definition) is 6. The Hall–Kier alpha value is -3.51. The maximum atomic E-state index is 13.2. The molecule has 0 N–H and O–H groups in total. The first-order valence-electron chi connectivity index (χ1n) is 10.7. The summed E-state index contributed by atoms with van der Waals surface area (Å²) in [5.41, 5.74) is 5.73. The van der Waals surface area contributed by atoms with Crippen LogP contribution in [0.25, 0.3) is 21.9 Å². The number of para-hydroxylation sites is 1. The second kappa shape index (κ2) is 8.20. The summed E-state index contributed by atoms with van der Waals surface area (Å²) in [6.07, 6.45) is 3.09. The predicted molar refractivity (Wildman–Crippen MR) is 121 cm³/mol. The Morgan fingerprint density at radius 1 is 1.06 bits per heavy atom. The number of aryl methyl sites for hydroxylation is 3. The van der Waals surface area contributed by atoms with E-state index in [1.54, 1.807) is 7.11 Å². The SMILES string of the molecule is COCc1nc2ccccc2c(C)c1C(=O)OCc1cc(=O)oc2cc3c(cc12)CCC3. The number of ether oxygens (including phenoxy) is 2. The number of fused-ring (bicyclic) bond motifs is 3. The van der Waals surface area contributed by atoms with E-state index in [2.05, 4.69) is 11.1 Å². The van der Waals surface area contributed by atoms with E-state index >= 15 is 0 Å². The predicted octanol–water partition coefficient (Wildman–Crippen LogP) is 4.64. The van der Waals surface area contributed by atoms with Gasteiger partial charge in [-0.3, -0.25) is 0 Å². The number of nitrogens with zero attached hydrogens (tertiary/aromatic N) is 1. The Balaban J connectivity index is 1.51. The highest BCUT2D eigenvalue weighted by molar-refractivity contribution is 5.98. The fourth-order valence-electron chi connectivity index (χ4n) is 4.58. The van der Waals surface area contributed by atoms with Crippen LogP contribution in [0.1, 0.15) is 44.7 Å². The summed E-state index contributed by atoms with van der Waals surface area (Å²) < 4.78 is 16.4. The topological polar surface area (TPSA) is 78.6 Å². The fourth-order valence-corrected chi connectivity index (χ4v) is 4.58. The molecule has 2 aromatic heterocycles. The smallest absolute Gasteiger partial charge is 0.340 e. The van der Waals surface area contributed by atoms with Crippen molar-refractivity contribution in [2.75, 3.05) is 7.11 Å². The summed E-state index contributed by atoms with van der Waals surface area (Å²) in [5, 5.41) is 1.70. The molecule has 0 fully saturated rings. The minimum atomic E-state index is -0.490. The van der Waals surface area contributed by atoms with Crippen molar-refractivity contribution in [2.24, 2.45) is 0 Å². The van der Waals surface area contributed by atoms with E-state index in [1.807, 2.05) is 37.3 Å². The number of rotatable bonds is 5. The van der Waals surface area contributed by atoms with E-state index in [1.165, 1.54) is 17.2 Å². The summed E-state index contributed by atoms with van der Waals surface area (Å²) in [7, 11) is 1.56. The molecule has 162 valence electrons. The van der Waals surface area contributed by atoms with E-state index < -0.39 is 11.6 Å². The van der Waals surface area contributed by atoms with Crippen LogP contribution in [0.5, 0.6) is 0 Å². The lowest BCUT2D eigenvalue weighted by Gasteiger charge is -2.14. The van der Waals surface area contributed by atoms with Crippen LogP contribution >= 0.6 is 0 Å². The Bertz CT molecular complexity index is 1420. The lowest BCUT2D eigenvalue weighted by molar-refractivity contribution is 0.0467. The Labute approximate surface area is 184 Å². The lowest BCUT2D eigenvalue weighted by Crippen LogP contribution is -2.14. The van der Waals surface area contributed by atoms with Crippen LogP contribution in [0.3, 0.4) is 0 Å². The minimum Gasteiger partial charge on any atom is -0.457 e. The standard InChI is InChI=1S/C26H23NO5/c1-15-19-8-3-4-9-21(19)27-22(14-30-2)25(15)26(29)31-13-18-12-24(28)32-23-11-17-7-5-6-16(17)10-20(18)23/h3-4,8-12H,5-7,13-14H2,1-2H3. The quantitative estimate of drug-likeness (QED) is 0.340. The van der Waals surface area contributed by atoms with Crippen LogP contribution in [0, 0.1) is 6.92 Å². The van der Waals surface area contributed by atoms with Gasteiger partial charge in [0.2, 0.25) is 0 Å². The average molecular weight is 429 g/mol. The maximum Gasteiger partial charge on any atom is 0.340 e. The van der Waals surface area contributed by atoms with Crippen molar-refractivity contribution in [1.29, 1.82) is 0 Å². The van der Waals surface area contributed by atoms with E-state index in [-0.39, 0.29) is 13.2 Å². The third-order valence-corrected chi connectivity index (χ3v) is 6.11. The molecule has 0 amide bonds. The number of esters is 1. The van der Waals surface area contributed by atoms with Gasteiger partial charge in [-0.25, -0.2) is 14.6 Å². The lowest BCUT2D eigenvalue weighted by atomic mass is 10.0. The highest BCUT2D eigenvalue weighted by Gasteiger charge is 2.21. The molecule has 4 aromatic rings. The number of pyridine rings is 1. The molecule has 6 heteroatoms. The summed E-state index contributed by atoms with van der Waals surface area (Å²) in [6.45, 7) is 2.05. The number of benzene rings is 2. The van der Waals surface area contributed by atoms with Gasteiger partial charge in [0.05, 0.1) is 23.4 Å². The largest absolute Gasteiger partial charge is 0.457 e. The van der Waals surface area contributed by atoms with Crippen molar-refractivity contribution in [1.82, 2.24) is 4.98 Å². The van der Waals surface area contributed by atoms with Gasteiger partial charge in [0.25, 0.3) is 0 Å². The monoisotopic (exact) mass is 429 g/mol. The number of aromatic nitrogens is 1. The van der Waals surface area contributed by atoms with Gasteiger partial charge in [-0.15, -0.1) is 0 Å². The molecular formula is C26H23NO5. The molecule has 6 nitrogen and oxygen atoms in total. The number of hydrogen-bond donors (Lipinski definition) is 0. The second-order valence-electron chi connectivity index (χ2n) is 8.15. The number of methoxy groups -OCH3 is 1. The molecule has 0 radical (unpaired) electrons. The van der Waals surface area contributed by atoms with Crippen LogP contribution in [-0.4, -0.2) is 18.1 Å². The molecule has 32 heavy (non-hydrogen) atoms. The van der Waals surface area contributed by atoms with Gasteiger partial charge in [-0.2, -0.15) is 0 Å². The molecule has 2 heterocycles. The second-order valence-corrected chi connectivity index (χ2v) is 8.15. The first-order chi connectivity index (χ1) is 15.5. The third-order valence-electron chi connectivity index (χ3n) is 6.11. The molecule has 0 aliphatic heterocycles. The average Bonchev–Trinajstić information content (AvgIpc) is 3.23. The van der Waals surface area contributed by atoms with Crippen LogP contribution in [-0.2, 0) is 35.5 Å². The normalized spacial score (nSPS) is 12.9. The van der Waals surface area contributed by atoms with Crippen LogP contribution in [0.15, 0.2) is 51.7 Å². The molecule has 0 spiro atoms. The molecule has 0 saturated heterocycles. The zero-order chi connectivity index (χ0) is 22.2. The third kappa shape index (κ3) is 3.56. The van der Waals surface area contributed by atoms with E-state index in [0.717, 1.165) is 41.1 Å². The fraction of sp³-hybridized carbons (Fsp3) is 0.269. The molecular weight excluding hydrogens is 406 g/mol.